The molecule has 3 fully saturated rings. The Morgan fingerprint density at radius 1 is 1.06 bits per heavy atom. The molecule has 2 aromatic rings. The summed E-state index contributed by atoms with van der Waals surface area (Å²) in [6.45, 7) is 7.71. The third-order valence-corrected chi connectivity index (χ3v) is 7.40. The largest absolute Gasteiger partial charge is 0.446 e. The normalized spacial score (nSPS) is 24.7. The van der Waals surface area contributed by atoms with Crippen LogP contribution >= 0.6 is 0 Å². The minimum Gasteiger partial charge on any atom is -0.446 e. The van der Waals surface area contributed by atoms with Gasteiger partial charge in [-0.3, -0.25) is 4.90 Å². The molecule has 1 aromatic carbocycles. The van der Waals surface area contributed by atoms with Crippen LogP contribution in [0.15, 0.2) is 42.7 Å². The van der Waals surface area contributed by atoms with E-state index in [2.05, 4.69) is 39.1 Å². The van der Waals surface area contributed by atoms with Crippen molar-refractivity contribution in [3.8, 4) is 0 Å². The van der Waals surface area contributed by atoms with E-state index in [1.165, 1.54) is 5.56 Å². The number of ether oxygens (including phenoxy) is 1. The molecule has 0 bridgehead atoms. The highest BCUT2D eigenvalue weighted by Gasteiger charge is 2.54. The number of hydrogen-bond acceptors (Lipinski definition) is 6. The monoisotopic (exact) mass is 489 g/mol. The van der Waals surface area contributed by atoms with Gasteiger partial charge in [-0.1, -0.05) is 30.3 Å². The number of likely N-dealkylation sites (tertiary alicyclic amines) is 1. The number of amides is 1. The number of alkyl halides is 3. The molecular weight excluding hydrogens is 459 g/mol. The molecular formula is C25H30F3N5O2. The van der Waals surface area contributed by atoms with Gasteiger partial charge in [-0.15, -0.1) is 0 Å². The molecule has 5 rings (SSSR count). The molecule has 0 N–H and O–H groups in total. The van der Waals surface area contributed by atoms with Crippen LogP contribution in [0.3, 0.4) is 0 Å². The standard InChI is InChI=1S/C25H30F3N5O2/c1-17-13-33(18(2)12-32(17)22-11-29-21(10-30-22)25(26,27)28)23(34)35-20-8-24(9-20)15-31(16-24)14-19-6-4-3-5-7-19/h3-7,10-11,17-18,20H,8-9,12-16H2,1-2H3/t17-,18-/m1/s1. The second kappa shape index (κ2) is 8.96. The van der Waals surface area contributed by atoms with E-state index in [1.807, 2.05) is 24.8 Å². The van der Waals surface area contributed by atoms with Gasteiger partial charge in [-0.05, 0) is 32.3 Å². The molecule has 10 heteroatoms. The second-order valence-electron chi connectivity index (χ2n) is 10.3. The van der Waals surface area contributed by atoms with Gasteiger partial charge in [0.05, 0.1) is 12.4 Å². The summed E-state index contributed by atoms with van der Waals surface area (Å²) in [5.74, 6) is 0.372. The molecule has 1 spiro atoms. The average Bonchev–Trinajstić information content (AvgIpc) is 2.77. The molecule has 2 atom stereocenters. The van der Waals surface area contributed by atoms with Crippen molar-refractivity contribution in [3.63, 3.8) is 0 Å². The summed E-state index contributed by atoms with van der Waals surface area (Å²) in [6, 6.07) is 10.1. The first-order valence-electron chi connectivity index (χ1n) is 12.0. The topological polar surface area (TPSA) is 61.8 Å². The Labute approximate surface area is 202 Å². The van der Waals surface area contributed by atoms with Crippen LogP contribution in [0.4, 0.5) is 23.8 Å². The lowest BCUT2D eigenvalue weighted by molar-refractivity contribution is -0.141. The third-order valence-electron chi connectivity index (χ3n) is 7.40. The van der Waals surface area contributed by atoms with Gasteiger partial charge in [-0.25, -0.2) is 14.8 Å². The molecule has 2 aliphatic heterocycles. The number of nitrogens with zero attached hydrogens (tertiary/aromatic N) is 5. The Bertz CT molecular complexity index is 1040. The molecule has 3 aliphatic rings. The average molecular weight is 490 g/mol. The van der Waals surface area contributed by atoms with Gasteiger partial charge >= 0.3 is 12.3 Å². The first-order chi connectivity index (χ1) is 16.6. The van der Waals surface area contributed by atoms with Gasteiger partial charge in [-0.2, -0.15) is 13.2 Å². The maximum Gasteiger partial charge on any atom is 0.434 e. The fourth-order valence-electron chi connectivity index (χ4n) is 5.63. The Morgan fingerprint density at radius 3 is 2.40 bits per heavy atom. The quantitative estimate of drug-likeness (QED) is 0.642. The number of hydrogen-bond donors (Lipinski definition) is 0. The predicted molar refractivity (Wildman–Crippen MR) is 124 cm³/mol. The van der Waals surface area contributed by atoms with Crippen LogP contribution in [0.5, 0.6) is 0 Å². The van der Waals surface area contributed by atoms with Crippen LogP contribution in [0.1, 0.15) is 37.9 Å². The molecule has 1 aliphatic carbocycles. The molecule has 7 nitrogen and oxygen atoms in total. The van der Waals surface area contributed by atoms with Crippen molar-refractivity contribution in [3.05, 3.63) is 54.0 Å². The number of carbonyl (C=O) groups is 1. The number of halogens is 3. The smallest absolute Gasteiger partial charge is 0.434 e. The number of carbonyl (C=O) groups excluding carboxylic acids is 1. The molecule has 1 aromatic heterocycles. The van der Waals surface area contributed by atoms with E-state index in [9.17, 15) is 18.0 Å². The molecule has 1 saturated carbocycles. The summed E-state index contributed by atoms with van der Waals surface area (Å²) in [4.78, 5) is 26.4. The zero-order chi connectivity index (χ0) is 24.8. The highest BCUT2D eigenvalue weighted by Crippen LogP contribution is 2.50. The van der Waals surface area contributed by atoms with Crippen LogP contribution in [-0.2, 0) is 17.5 Å². The van der Waals surface area contributed by atoms with Gasteiger partial charge < -0.3 is 14.5 Å². The van der Waals surface area contributed by atoms with Crippen molar-refractivity contribution in [1.82, 2.24) is 19.8 Å². The van der Waals surface area contributed by atoms with E-state index >= 15 is 0 Å². The number of rotatable bonds is 4. The van der Waals surface area contributed by atoms with Crippen LogP contribution in [0, 0.1) is 5.41 Å². The number of aromatic nitrogens is 2. The first-order valence-corrected chi connectivity index (χ1v) is 12.0. The van der Waals surface area contributed by atoms with E-state index in [0.717, 1.165) is 44.9 Å². The summed E-state index contributed by atoms with van der Waals surface area (Å²) in [7, 11) is 0. The van der Waals surface area contributed by atoms with Crippen LogP contribution in [0.25, 0.3) is 0 Å². The summed E-state index contributed by atoms with van der Waals surface area (Å²) in [6.07, 6.45) is -1.20. The number of benzene rings is 1. The Balaban J connectivity index is 1.09. The molecule has 3 heterocycles. The second-order valence-corrected chi connectivity index (χ2v) is 10.3. The lowest BCUT2D eigenvalue weighted by Crippen LogP contribution is -2.64. The van der Waals surface area contributed by atoms with E-state index in [1.54, 1.807) is 4.90 Å². The zero-order valence-electron chi connectivity index (χ0n) is 19.9. The van der Waals surface area contributed by atoms with E-state index in [0.29, 0.717) is 18.9 Å². The maximum absolute atomic E-state index is 12.9. The van der Waals surface area contributed by atoms with Crippen molar-refractivity contribution in [1.29, 1.82) is 0 Å². The fourth-order valence-corrected chi connectivity index (χ4v) is 5.63. The first kappa shape index (κ1) is 23.8. The van der Waals surface area contributed by atoms with Crippen LogP contribution in [-0.4, -0.2) is 70.2 Å². The van der Waals surface area contributed by atoms with Gasteiger partial charge in [0, 0.05) is 50.2 Å². The van der Waals surface area contributed by atoms with E-state index in [-0.39, 0.29) is 29.7 Å². The lowest BCUT2D eigenvalue weighted by atomic mass is 9.61. The summed E-state index contributed by atoms with van der Waals surface area (Å²) in [5, 5.41) is 0. The Hall–Kier alpha value is -2.88. The summed E-state index contributed by atoms with van der Waals surface area (Å²) < 4.78 is 44.2. The number of piperazine rings is 1. The van der Waals surface area contributed by atoms with Gasteiger partial charge in [0.1, 0.15) is 11.9 Å². The Kier molecular flexibility index (Phi) is 6.11. The summed E-state index contributed by atoms with van der Waals surface area (Å²) in [5.41, 5.74) is 0.574. The van der Waals surface area contributed by atoms with Crippen LogP contribution < -0.4 is 4.90 Å². The van der Waals surface area contributed by atoms with Gasteiger partial charge in [0.2, 0.25) is 0 Å². The fraction of sp³-hybridized carbons (Fsp3) is 0.560. The SMILES string of the molecule is C[C@@H]1CN(c2cnc(C(F)(F)F)cn2)[C@H](C)CN1C(=O)OC1CC2(C1)CN(Cc1ccccc1)C2. The van der Waals surface area contributed by atoms with Crippen LogP contribution in [0.2, 0.25) is 0 Å². The van der Waals surface area contributed by atoms with Gasteiger partial charge in [0.15, 0.2) is 5.69 Å². The molecule has 2 saturated heterocycles. The molecule has 35 heavy (non-hydrogen) atoms. The zero-order valence-corrected chi connectivity index (χ0v) is 19.9. The molecule has 0 unspecified atom stereocenters. The van der Waals surface area contributed by atoms with Crippen molar-refractivity contribution >= 4 is 11.9 Å². The highest BCUT2D eigenvalue weighted by molar-refractivity contribution is 5.69. The Morgan fingerprint density at radius 2 is 1.77 bits per heavy atom. The minimum atomic E-state index is -4.52. The molecule has 1 amide bonds. The van der Waals surface area contributed by atoms with Crippen molar-refractivity contribution in [2.45, 2.75) is 57.6 Å². The lowest BCUT2D eigenvalue weighted by Gasteiger charge is -2.58. The van der Waals surface area contributed by atoms with Gasteiger partial charge in [0.25, 0.3) is 0 Å². The van der Waals surface area contributed by atoms with Crippen molar-refractivity contribution in [2.24, 2.45) is 5.41 Å². The van der Waals surface area contributed by atoms with Crippen molar-refractivity contribution < 1.29 is 22.7 Å². The maximum atomic E-state index is 12.9. The summed E-state index contributed by atoms with van der Waals surface area (Å²) >= 11 is 0. The molecule has 0 radical (unpaired) electrons. The third kappa shape index (κ3) is 4.94. The minimum absolute atomic E-state index is 0.0531. The van der Waals surface area contributed by atoms with E-state index < -0.39 is 11.9 Å². The highest BCUT2D eigenvalue weighted by atomic mass is 19.4. The molecule has 188 valence electrons. The van der Waals surface area contributed by atoms with Crippen molar-refractivity contribution in [2.75, 3.05) is 31.1 Å². The predicted octanol–water partition coefficient (Wildman–Crippen LogP) is 4.20. The van der Waals surface area contributed by atoms with E-state index in [4.69, 9.17) is 4.74 Å². The number of anilines is 1.